The first-order valence-electron chi connectivity index (χ1n) is 7.06. The SMILES string of the molecule is C#CCNC(=O)C[C@H]1O[C@H](CNC(=O)c2ccco2)[C@@H](O)[C@H]1O. The third kappa shape index (κ3) is 4.32. The smallest absolute Gasteiger partial charge is 0.287 e. The standard InChI is InChI=1S/C15H18N2O6/c1-2-5-16-12(18)7-10-13(19)14(20)11(23-10)8-17-15(21)9-4-3-6-22-9/h1,3-4,6,10-11,13-14,19-20H,5,7-8H2,(H,16,18)(H,17,21)/t10-,11-,13+,14-/m1/s1. The van der Waals surface area contributed by atoms with Crippen molar-refractivity contribution in [2.24, 2.45) is 0 Å². The Labute approximate surface area is 132 Å². The third-order valence-corrected chi connectivity index (χ3v) is 3.44. The lowest BCUT2D eigenvalue weighted by Gasteiger charge is -2.14. The number of terminal acetylenes is 1. The first-order chi connectivity index (χ1) is 11.0. The van der Waals surface area contributed by atoms with Gasteiger partial charge in [-0.05, 0) is 12.1 Å². The first kappa shape index (κ1) is 17.0. The van der Waals surface area contributed by atoms with Gasteiger partial charge in [-0.15, -0.1) is 6.42 Å². The number of rotatable bonds is 6. The molecule has 0 bridgehead atoms. The number of amides is 2. The van der Waals surface area contributed by atoms with Crippen LogP contribution in [0.5, 0.6) is 0 Å². The lowest BCUT2D eigenvalue weighted by atomic mass is 10.1. The van der Waals surface area contributed by atoms with Crippen LogP contribution in [0.3, 0.4) is 0 Å². The van der Waals surface area contributed by atoms with E-state index in [1.165, 1.54) is 12.3 Å². The summed E-state index contributed by atoms with van der Waals surface area (Å²) in [5.41, 5.74) is 0. The Balaban J connectivity index is 1.83. The van der Waals surface area contributed by atoms with E-state index in [0.717, 1.165) is 0 Å². The molecule has 1 aromatic heterocycles. The molecule has 1 aliphatic rings. The van der Waals surface area contributed by atoms with Crippen LogP contribution in [0.15, 0.2) is 22.8 Å². The molecule has 0 spiro atoms. The molecule has 4 atom stereocenters. The van der Waals surface area contributed by atoms with E-state index in [9.17, 15) is 19.8 Å². The monoisotopic (exact) mass is 322 g/mol. The van der Waals surface area contributed by atoms with E-state index < -0.39 is 30.3 Å². The van der Waals surface area contributed by atoms with E-state index in [2.05, 4.69) is 16.6 Å². The fraction of sp³-hybridized carbons (Fsp3) is 0.467. The predicted octanol–water partition coefficient (Wildman–Crippen LogP) is -1.36. The number of furan rings is 1. The number of ether oxygens (including phenoxy) is 1. The molecule has 1 saturated heterocycles. The van der Waals surface area contributed by atoms with Gasteiger partial charge in [0.1, 0.15) is 18.3 Å². The third-order valence-electron chi connectivity index (χ3n) is 3.44. The summed E-state index contributed by atoms with van der Waals surface area (Å²) in [5.74, 6) is 1.53. The molecule has 1 fully saturated rings. The van der Waals surface area contributed by atoms with Gasteiger partial charge in [0.2, 0.25) is 5.91 Å². The minimum Gasteiger partial charge on any atom is -0.459 e. The van der Waals surface area contributed by atoms with Gasteiger partial charge >= 0.3 is 0 Å². The highest BCUT2D eigenvalue weighted by molar-refractivity contribution is 5.91. The lowest BCUT2D eigenvalue weighted by molar-refractivity contribution is -0.124. The predicted molar refractivity (Wildman–Crippen MR) is 78.2 cm³/mol. The molecule has 0 saturated carbocycles. The molecule has 1 aliphatic heterocycles. The second-order valence-electron chi connectivity index (χ2n) is 5.07. The Kier molecular flexibility index (Phi) is 5.76. The van der Waals surface area contributed by atoms with Crippen molar-refractivity contribution in [3.05, 3.63) is 24.2 Å². The maximum absolute atomic E-state index is 11.7. The molecule has 124 valence electrons. The van der Waals surface area contributed by atoms with E-state index in [4.69, 9.17) is 15.6 Å². The molecule has 8 heteroatoms. The summed E-state index contributed by atoms with van der Waals surface area (Å²) in [6.45, 7) is 0.0487. The summed E-state index contributed by atoms with van der Waals surface area (Å²) in [6.07, 6.45) is 2.13. The number of aliphatic hydroxyl groups is 2. The zero-order chi connectivity index (χ0) is 16.8. The molecule has 0 aromatic carbocycles. The van der Waals surface area contributed by atoms with Crippen molar-refractivity contribution in [3.63, 3.8) is 0 Å². The first-order valence-corrected chi connectivity index (χ1v) is 7.06. The number of carbonyl (C=O) groups is 2. The molecule has 8 nitrogen and oxygen atoms in total. The van der Waals surface area contributed by atoms with E-state index in [-0.39, 0.29) is 31.2 Å². The quantitative estimate of drug-likeness (QED) is 0.480. The normalized spacial score (nSPS) is 26.5. The summed E-state index contributed by atoms with van der Waals surface area (Å²) in [5, 5.41) is 24.8. The topological polar surface area (TPSA) is 121 Å². The van der Waals surface area contributed by atoms with Gasteiger partial charge in [0.15, 0.2) is 5.76 Å². The molecule has 0 unspecified atom stereocenters. The van der Waals surface area contributed by atoms with Gasteiger partial charge in [0.05, 0.1) is 25.3 Å². The Morgan fingerprint density at radius 3 is 2.65 bits per heavy atom. The van der Waals surface area contributed by atoms with Crippen LogP contribution in [-0.2, 0) is 9.53 Å². The molecule has 1 aromatic rings. The van der Waals surface area contributed by atoms with Gasteiger partial charge in [-0.25, -0.2) is 0 Å². The van der Waals surface area contributed by atoms with Crippen molar-refractivity contribution in [3.8, 4) is 12.3 Å². The Morgan fingerprint density at radius 1 is 1.26 bits per heavy atom. The molecule has 2 heterocycles. The summed E-state index contributed by atoms with van der Waals surface area (Å²) >= 11 is 0. The molecule has 4 N–H and O–H groups in total. The Bertz CT molecular complexity index is 579. The number of nitrogens with one attached hydrogen (secondary N) is 2. The van der Waals surface area contributed by atoms with Crippen LogP contribution in [-0.4, -0.2) is 59.5 Å². The van der Waals surface area contributed by atoms with Crippen LogP contribution in [0.25, 0.3) is 0 Å². The average Bonchev–Trinajstić information content (AvgIpc) is 3.15. The molecule has 23 heavy (non-hydrogen) atoms. The molecule has 2 amide bonds. The molecular weight excluding hydrogens is 304 g/mol. The molecule has 0 aliphatic carbocycles. The number of hydrogen-bond acceptors (Lipinski definition) is 6. The number of hydrogen-bond donors (Lipinski definition) is 4. The van der Waals surface area contributed by atoms with E-state index >= 15 is 0 Å². The van der Waals surface area contributed by atoms with E-state index in [1.807, 2.05) is 0 Å². The van der Waals surface area contributed by atoms with Crippen LogP contribution in [0, 0.1) is 12.3 Å². The summed E-state index contributed by atoms with van der Waals surface area (Å²) in [6, 6.07) is 3.07. The van der Waals surface area contributed by atoms with E-state index in [1.54, 1.807) is 6.07 Å². The van der Waals surface area contributed by atoms with Crippen LogP contribution in [0.1, 0.15) is 17.0 Å². The molecular formula is C15H18N2O6. The van der Waals surface area contributed by atoms with Gasteiger partial charge in [-0.1, -0.05) is 5.92 Å². The van der Waals surface area contributed by atoms with Gasteiger partial charge in [0, 0.05) is 6.54 Å². The van der Waals surface area contributed by atoms with Crippen molar-refractivity contribution in [2.45, 2.75) is 30.8 Å². The zero-order valence-electron chi connectivity index (χ0n) is 12.3. The van der Waals surface area contributed by atoms with Crippen LogP contribution in [0.4, 0.5) is 0 Å². The number of aliphatic hydroxyl groups excluding tert-OH is 2. The summed E-state index contributed by atoms with van der Waals surface area (Å²) in [7, 11) is 0. The lowest BCUT2D eigenvalue weighted by Crippen LogP contribution is -2.40. The van der Waals surface area contributed by atoms with Crippen LogP contribution < -0.4 is 10.6 Å². The largest absolute Gasteiger partial charge is 0.459 e. The van der Waals surface area contributed by atoms with Crippen molar-refractivity contribution < 1.29 is 29.0 Å². The minimum atomic E-state index is -1.22. The van der Waals surface area contributed by atoms with Gasteiger partial charge in [0.25, 0.3) is 5.91 Å². The van der Waals surface area contributed by atoms with Crippen LogP contribution in [0.2, 0.25) is 0 Å². The van der Waals surface area contributed by atoms with Crippen LogP contribution >= 0.6 is 0 Å². The summed E-state index contributed by atoms with van der Waals surface area (Å²) in [4.78, 5) is 23.3. The Hall–Kier alpha value is -2.34. The fourth-order valence-corrected chi connectivity index (χ4v) is 2.26. The minimum absolute atomic E-state index is 0.0275. The Morgan fingerprint density at radius 2 is 2.00 bits per heavy atom. The van der Waals surface area contributed by atoms with Crippen molar-refractivity contribution in [1.29, 1.82) is 0 Å². The van der Waals surface area contributed by atoms with E-state index in [0.29, 0.717) is 0 Å². The zero-order valence-corrected chi connectivity index (χ0v) is 12.3. The second-order valence-corrected chi connectivity index (χ2v) is 5.07. The highest BCUT2D eigenvalue weighted by Gasteiger charge is 2.43. The average molecular weight is 322 g/mol. The van der Waals surface area contributed by atoms with Crippen molar-refractivity contribution in [2.75, 3.05) is 13.1 Å². The van der Waals surface area contributed by atoms with Gasteiger partial charge in [-0.3, -0.25) is 9.59 Å². The van der Waals surface area contributed by atoms with Gasteiger partial charge < -0.3 is 30.0 Å². The second kappa shape index (κ2) is 7.78. The summed E-state index contributed by atoms with van der Waals surface area (Å²) < 4.78 is 10.4. The highest BCUT2D eigenvalue weighted by atomic mass is 16.5. The highest BCUT2D eigenvalue weighted by Crippen LogP contribution is 2.23. The van der Waals surface area contributed by atoms with Crippen molar-refractivity contribution in [1.82, 2.24) is 10.6 Å². The van der Waals surface area contributed by atoms with Gasteiger partial charge in [-0.2, -0.15) is 0 Å². The fourth-order valence-electron chi connectivity index (χ4n) is 2.26. The molecule has 2 rings (SSSR count). The molecule has 0 radical (unpaired) electrons. The maximum atomic E-state index is 11.7. The van der Waals surface area contributed by atoms with Crippen molar-refractivity contribution >= 4 is 11.8 Å². The number of carbonyl (C=O) groups excluding carboxylic acids is 2. The maximum Gasteiger partial charge on any atom is 0.287 e.